The predicted octanol–water partition coefficient (Wildman–Crippen LogP) is 3.42. The van der Waals surface area contributed by atoms with Crippen molar-refractivity contribution in [3.63, 3.8) is 0 Å². The van der Waals surface area contributed by atoms with E-state index in [-0.39, 0.29) is 5.91 Å². The molecule has 0 aromatic heterocycles. The smallest absolute Gasteiger partial charge is 0.248 e. The van der Waals surface area contributed by atoms with Crippen molar-refractivity contribution in [1.29, 1.82) is 0 Å². The molecule has 2 aromatic rings. The average molecular weight is 396 g/mol. The van der Waals surface area contributed by atoms with E-state index in [1.54, 1.807) is 50.6 Å². The third kappa shape index (κ3) is 5.59. The lowest BCUT2D eigenvalue weighted by Crippen LogP contribution is -2.09. The summed E-state index contributed by atoms with van der Waals surface area (Å²) in [5.74, 6) is 4.44. The number of benzene rings is 2. The lowest BCUT2D eigenvalue weighted by Gasteiger charge is -2.13. The van der Waals surface area contributed by atoms with E-state index in [2.05, 4.69) is 16.6 Å². The minimum absolute atomic E-state index is 0.321. The molecule has 0 atom stereocenters. The number of carbonyl (C=O) groups excluding carboxylic acids is 1. The van der Waals surface area contributed by atoms with Crippen LogP contribution in [0, 0.1) is 12.3 Å². The highest BCUT2D eigenvalue weighted by Crippen LogP contribution is 2.35. The molecular weight excluding hydrogens is 372 g/mol. The molecule has 0 aliphatic heterocycles. The number of hydrogen-bond acceptors (Lipinski definition) is 6. The summed E-state index contributed by atoms with van der Waals surface area (Å²) in [5.41, 5.74) is 1.90. The molecule has 0 saturated carbocycles. The van der Waals surface area contributed by atoms with Gasteiger partial charge in [0.25, 0.3) is 0 Å². The van der Waals surface area contributed by atoms with Gasteiger partial charge in [-0.2, -0.15) is 0 Å². The Kier molecular flexibility index (Phi) is 7.80. The van der Waals surface area contributed by atoms with Crippen LogP contribution in [0.3, 0.4) is 0 Å². The van der Waals surface area contributed by atoms with Crippen molar-refractivity contribution in [2.24, 2.45) is 0 Å². The quantitative estimate of drug-likeness (QED) is 0.500. The Labute approximate surface area is 170 Å². The molecule has 0 bridgehead atoms. The second-order valence-electron chi connectivity index (χ2n) is 5.74. The second kappa shape index (κ2) is 10.5. The Morgan fingerprint density at radius 3 is 2.21 bits per heavy atom. The Morgan fingerprint density at radius 2 is 1.66 bits per heavy atom. The van der Waals surface area contributed by atoms with E-state index in [1.165, 1.54) is 20.3 Å². The predicted molar refractivity (Wildman–Crippen MR) is 114 cm³/mol. The molecule has 7 heteroatoms. The van der Waals surface area contributed by atoms with Gasteiger partial charge in [0.05, 0.1) is 46.2 Å². The summed E-state index contributed by atoms with van der Waals surface area (Å²) in [5, 5.41) is 5.85. The number of hydrogen-bond donors (Lipinski definition) is 2. The first-order valence-electron chi connectivity index (χ1n) is 8.70. The van der Waals surface area contributed by atoms with Gasteiger partial charge in [0.2, 0.25) is 5.91 Å². The zero-order chi connectivity index (χ0) is 21.2. The minimum atomic E-state index is -0.321. The van der Waals surface area contributed by atoms with E-state index >= 15 is 0 Å². The molecule has 0 aliphatic rings. The van der Waals surface area contributed by atoms with Crippen molar-refractivity contribution in [1.82, 2.24) is 0 Å². The van der Waals surface area contributed by atoms with Gasteiger partial charge in [-0.25, -0.2) is 0 Å². The first-order chi connectivity index (χ1) is 14.1. The molecule has 29 heavy (non-hydrogen) atoms. The van der Waals surface area contributed by atoms with E-state index < -0.39 is 0 Å². The molecule has 0 spiro atoms. The molecule has 0 saturated heterocycles. The van der Waals surface area contributed by atoms with Crippen molar-refractivity contribution < 1.29 is 23.7 Å². The van der Waals surface area contributed by atoms with Gasteiger partial charge in [0, 0.05) is 23.9 Å². The molecule has 2 rings (SSSR count). The number of amides is 1. The van der Waals surface area contributed by atoms with Gasteiger partial charge in [0.15, 0.2) is 0 Å². The van der Waals surface area contributed by atoms with Crippen LogP contribution in [-0.2, 0) is 4.79 Å². The van der Waals surface area contributed by atoms with Gasteiger partial charge in [-0.15, -0.1) is 6.42 Å². The number of anilines is 2. The van der Waals surface area contributed by atoms with Gasteiger partial charge in [-0.3, -0.25) is 4.79 Å². The normalized spacial score (nSPS) is 10.2. The third-order valence-electron chi connectivity index (χ3n) is 4.00. The first-order valence-corrected chi connectivity index (χ1v) is 8.70. The summed E-state index contributed by atoms with van der Waals surface area (Å²) >= 11 is 0. The lowest BCUT2D eigenvalue weighted by atomic mass is 10.1. The SMILES string of the molecule is C#CCNc1cc(NC(=O)/C=C/c2c(OC)cc(OC)cc2OC)ccc1OC. The van der Waals surface area contributed by atoms with Gasteiger partial charge >= 0.3 is 0 Å². The number of terminal acetylenes is 1. The van der Waals surface area contributed by atoms with Crippen LogP contribution in [0.5, 0.6) is 23.0 Å². The Bertz CT molecular complexity index is 906. The summed E-state index contributed by atoms with van der Waals surface area (Å²) in [7, 11) is 6.19. The maximum absolute atomic E-state index is 12.4. The second-order valence-corrected chi connectivity index (χ2v) is 5.74. The van der Waals surface area contributed by atoms with Gasteiger partial charge in [0.1, 0.15) is 23.0 Å². The van der Waals surface area contributed by atoms with E-state index in [9.17, 15) is 4.79 Å². The highest BCUT2D eigenvalue weighted by atomic mass is 16.5. The zero-order valence-corrected chi connectivity index (χ0v) is 16.9. The molecule has 2 N–H and O–H groups in total. The Balaban J connectivity index is 2.21. The monoisotopic (exact) mass is 396 g/mol. The van der Waals surface area contributed by atoms with Gasteiger partial charge in [-0.1, -0.05) is 5.92 Å². The standard InChI is InChI=1S/C22H24N2O5/c1-6-11-23-18-12-15(7-9-19(18)27-3)24-22(25)10-8-17-20(28-4)13-16(26-2)14-21(17)29-5/h1,7-10,12-14,23H,11H2,2-5H3,(H,24,25)/b10-8+. The van der Waals surface area contributed by atoms with Crippen molar-refractivity contribution in [3.05, 3.63) is 42.0 Å². The van der Waals surface area contributed by atoms with Crippen LogP contribution < -0.4 is 29.6 Å². The Hall–Kier alpha value is -3.79. The van der Waals surface area contributed by atoms with Crippen molar-refractivity contribution in [2.75, 3.05) is 45.6 Å². The average Bonchev–Trinajstić information content (AvgIpc) is 2.75. The van der Waals surface area contributed by atoms with Crippen LogP contribution in [0.1, 0.15) is 5.56 Å². The molecule has 1 amide bonds. The summed E-state index contributed by atoms with van der Waals surface area (Å²) < 4.78 is 21.3. The summed E-state index contributed by atoms with van der Waals surface area (Å²) in [4.78, 5) is 12.4. The number of carbonyl (C=O) groups is 1. The minimum Gasteiger partial charge on any atom is -0.496 e. The topological polar surface area (TPSA) is 78.1 Å². The molecule has 0 unspecified atom stereocenters. The van der Waals surface area contributed by atoms with E-state index in [0.29, 0.717) is 46.5 Å². The van der Waals surface area contributed by atoms with Gasteiger partial charge in [-0.05, 0) is 24.3 Å². The highest BCUT2D eigenvalue weighted by molar-refractivity contribution is 6.02. The zero-order valence-electron chi connectivity index (χ0n) is 16.9. The number of methoxy groups -OCH3 is 4. The summed E-state index contributed by atoms with van der Waals surface area (Å²) in [6.07, 6.45) is 8.30. The molecule has 0 fully saturated rings. The molecule has 0 aliphatic carbocycles. The van der Waals surface area contributed by atoms with Gasteiger partial charge < -0.3 is 29.6 Å². The number of nitrogens with one attached hydrogen (secondary N) is 2. The van der Waals surface area contributed by atoms with Crippen LogP contribution in [0.15, 0.2) is 36.4 Å². The molecule has 152 valence electrons. The lowest BCUT2D eigenvalue weighted by molar-refractivity contribution is -0.111. The summed E-state index contributed by atoms with van der Waals surface area (Å²) in [6.45, 7) is 0.338. The molecule has 2 aromatic carbocycles. The molecule has 0 heterocycles. The first kappa shape index (κ1) is 21.5. The third-order valence-corrected chi connectivity index (χ3v) is 4.00. The van der Waals surface area contributed by atoms with E-state index in [0.717, 1.165) is 0 Å². The van der Waals surface area contributed by atoms with Crippen LogP contribution in [-0.4, -0.2) is 40.9 Å². The summed E-state index contributed by atoms with van der Waals surface area (Å²) in [6, 6.07) is 8.66. The van der Waals surface area contributed by atoms with Crippen molar-refractivity contribution in [2.45, 2.75) is 0 Å². The number of rotatable bonds is 9. The van der Waals surface area contributed by atoms with E-state index in [4.69, 9.17) is 25.4 Å². The fraction of sp³-hybridized carbons (Fsp3) is 0.227. The highest BCUT2D eigenvalue weighted by Gasteiger charge is 2.11. The van der Waals surface area contributed by atoms with Crippen molar-refractivity contribution in [3.8, 4) is 35.3 Å². The molecule has 7 nitrogen and oxygen atoms in total. The maximum atomic E-state index is 12.4. The van der Waals surface area contributed by atoms with E-state index in [1.807, 2.05) is 0 Å². The van der Waals surface area contributed by atoms with Crippen LogP contribution in [0.25, 0.3) is 6.08 Å². The molecule has 0 radical (unpaired) electrons. The molecular formula is C22H24N2O5. The van der Waals surface area contributed by atoms with Crippen LogP contribution in [0.2, 0.25) is 0 Å². The Morgan fingerprint density at radius 1 is 1.00 bits per heavy atom. The largest absolute Gasteiger partial charge is 0.496 e. The number of ether oxygens (including phenoxy) is 4. The van der Waals surface area contributed by atoms with Crippen LogP contribution in [0.4, 0.5) is 11.4 Å². The fourth-order valence-electron chi connectivity index (χ4n) is 2.61. The maximum Gasteiger partial charge on any atom is 0.248 e. The van der Waals surface area contributed by atoms with Crippen molar-refractivity contribution >= 4 is 23.4 Å². The fourth-order valence-corrected chi connectivity index (χ4v) is 2.61. The van der Waals surface area contributed by atoms with Crippen LogP contribution >= 0.6 is 0 Å².